The van der Waals surface area contributed by atoms with Crippen molar-refractivity contribution in [3.8, 4) is 0 Å². The van der Waals surface area contributed by atoms with Crippen LogP contribution in [0, 0.1) is 6.92 Å². The molecule has 0 radical (unpaired) electrons. The van der Waals surface area contributed by atoms with Crippen LogP contribution in [0.25, 0.3) is 0 Å². The molecule has 1 fully saturated rings. The molecule has 0 bridgehead atoms. The number of nitrogens with one attached hydrogen (secondary N) is 1. The Kier molecular flexibility index (Phi) is 4.24. The lowest BCUT2D eigenvalue weighted by molar-refractivity contribution is 0.158. The third-order valence-corrected chi connectivity index (χ3v) is 2.45. The van der Waals surface area contributed by atoms with Gasteiger partial charge in [-0.2, -0.15) is 0 Å². The van der Waals surface area contributed by atoms with E-state index in [4.69, 9.17) is 9.47 Å². The van der Waals surface area contributed by atoms with E-state index in [1.54, 1.807) is 7.11 Å². The van der Waals surface area contributed by atoms with E-state index in [0.29, 0.717) is 19.0 Å². The molecule has 2 rings (SSSR count). The standard InChI is InChI=1S/C11H18N4O2/c1-9-7-11(14-10(13-9)8-16-2)15-4-6-17-5-3-12-15/h7,12H,3-6,8H2,1-2H3. The SMILES string of the molecule is COCc1nc(C)cc(N2CCOCCN2)n1. The van der Waals surface area contributed by atoms with Crippen molar-refractivity contribution in [1.82, 2.24) is 15.4 Å². The Labute approximate surface area is 101 Å². The first-order valence-electron chi connectivity index (χ1n) is 5.72. The van der Waals surface area contributed by atoms with E-state index in [9.17, 15) is 0 Å². The summed E-state index contributed by atoms with van der Waals surface area (Å²) in [5, 5.41) is 2.00. The second-order valence-electron chi connectivity index (χ2n) is 3.89. The number of hydrazine groups is 1. The fraction of sp³-hybridized carbons (Fsp3) is 0.636. The highest BCUT2D eigenvalue weighted by molar-refractivity contribution is 5.38. The summed E-state index contributed by atoms with van der Waals surface area (Å²) in [4.78, 5) is 8.78. The minimum atomic E-state index is 0.430. The molecule has 1 N–H and O–H groups in total. The van der Waals surface area contributed by atoms with Crippen LogP contribution in [0.4, 0.5) is 5.82 Å². The van der Waals surface area contributed by atoms with Gasteiger partial charge in [-0.05, 0) is 6.92 Å². The van der Waals surface area contributed by atoms with Crippen LogP contribution in [0.5, 0.6) is 0 Å². The van der Waals surface area contributed by atoms with E-state index < -0.39 is 0 Å². The molecule has 1 aromatic rings. The van der Waals surface area contributed by atoms with Crippen molar-refractivity contribution in [2.75, 3.05) is 38.4 Å². The summed E-state index contributed by atoms with van der Waals surface area (Å²) < 4.78 is 10.4. The van der Waals surface area contributed by atoms with Gasteiger partial charge in [-0.15, -0.1) is 0 Å². The normalized spacial score (nSPS) is 16.9. The third-order valence-electron chi connectivity index (χ3n) is 2.45. The Bertz CT molecular complexity index is 364. The molecule has 6 nitrogen and oxygen atoms in total. The van der Waals surface area contributed by atoms with Crippen LogP contribution in [-0.4, -0.2) is 43.4 Å². The Balaban J connectivity index is 2.17. The average Bonchev–Trinajstić information content (AvgIpc) is 2.57. The predicted molar refractivity (Wildman–Crippen MR) is 63.6 cm³/mol. The zero-order valence-corrected chi connectivity index (χ0v) is 10.3. The van der Waals surface area contributed by atoms with Gasteiger partial charge in [0.2, 0.25) is 0 Å². The second kappa shape index (κ2) is 5.90. The summed E-state index contributed by atoms with van der Waals surface area (Å²) in [6.07, 6.45) is 0. The van der Waals surface area contributed by atoms with Crippen LogP contribution in [-0.2, 0) is 16.1 Å². The number of hydrogen-bond donors (Lipinski definition) is 1. The lowest BCUT2D eigenvalue weighted by Crippen LogP contribution is -2.39. The summed E-state index contributed by atoms with van der Waals surface area (Å²) in [5.41, 5.74) is 4.21. The van der Waals surface area contributed by atoms with Gasteiger partial charge in [0.25, 0.3) is 0 Å². The molecule has 0 unspecified atom stereocenters. The number of methoxy groups -OCH3 is 1. The van der Waals surface area contributed by atoms with Gasteiger partial charge < -0.3 is 9.47 Å². The van der Waals surface area contributed by atoms with Crippen LogP contribution in [0.2, 0.25) is 0 Å². The number of ether oxygens (including phenoxy) is 2. The molecule has 0 amide bonds. The highest BCUT2D eigenvalue weighted by Gasteiger charge is 2.12. The maximum atomic E-state index is 5.38. The molecule has 1 saturated heterocycles. The van der Waals surface area contributed by atoms with Gasteiger partial charge in [0.1, 0.15) is 12.4 Å². The number of anilines is 1. The predicted octanol–water partition coefficient (Wildman–Crippen LogP) is 0.273. The first-order chi connectivity index (χ1) is 8.29. The van der Waals surface area contributed by atoms with Crippen LogP contribution in [0.1, 0.15) is 11.5 Å². The summed E-state index contributed by atoms with van der Waals surface area (Å²) in [6, 6.07) is 1.96. The number of nitrogens with zero attached hydrogens (tertiary/aromatic N) is 3. The van der Waals surface area contributed by atoms with Crippen molar-refractivity contribution in [2.24, 2.45) is 0 Å². The van der Waals surface area contributed by atoms with Gasteiger partial charge in [-0.3, -0.25) is 5.01 Å². The summed E-state index contributed by atoms with van der Waals surface area (Å²) in [6.45, 7) is 5.39. The molecule has 0 atom stereocenters. The van der Waals surface area contributed by atoms with Crippen LogP contribution < -0.4 is 10.4 Å². The topological polar surface area (TPSA) is 59.5 Å². The van der Waals surface area contributed by atoms with Gasteiger partial charge >= 0.3 is 0 Å². The Hall–Kier alpha value is -1.24. The molecule has 6 heteroatoms. The van der Waals surface area contributed by atoms with Gasteiger partial charge in [-0.25, -0.2) is 15.4 Å². The highest BCUT2D eigenvalue weighted by atomic mass is 16.5. The molecule has 17 heavy (non-hydrogen) atoms. The minimum absolute atomic E-state index is 0.430. The third kappa shape index (κ3) is 3.36. The van der Waals surface area contributed by atoms with E-state index in [1.807, 2.05) is 18.0 Å². The molecule has 0 aliphatic carbocycles. The Morgan fingerprint density at radius 1 is 1.47 bits per heavy atom. The zero-order valence-electron chi connectivity index (χ0n) is 10.3. The molecule has 1 aliphatic rings. The molecule has 0 saturated carbocycles. The monoisotopic (exact) mass is 238 g/mol. The number of aromatic nitrogens is 2. The molecule has 1 aliphatic heterocycles. The lowest BCUT2D eigenvalue weighted by Gasteiger charge is -2.22. The van der Waals surface area contributed by atoms with Crippen molar-refractivity contribution in [1.29, 1.82) is 0 Å². The summed E-state index contributed by atoms with van der Waals surface area (Å²) in [7, 11) is 1.64. The minimum Gasteiger partial charge on any atom is -0.378 e. The van der Waals surface area contributed by atoms with Gasteiger partial charge in [0, 0.05) is 25.4 Å². The largest absolute Gasteiger partial charge is 0.378 e. The van der Waals surface area contributed by atoms with Gasteiger partial charge in [0.05, 0.1) is 19.8 Å². The molecular formula is C11H18N4O2. The Morgan fingerprint density at radius 3 is 3.18 bits per heavy atom. The van der Waals surface area contributed by atoms with E-state index in [1.165, 1.54) is 0 Å². The van der Waals surface area contributed by atoms with Crippen molar-refractivity contribution in [3.05, 3.63) is 17.6 Å². The van der Waals surface area contributed by atoms with Crippen LogP contribution in [0.3, 0.4) is 0 Å². The van der Waals surface area contributed by atoms with Gasteiger partial charge in [-0.1, -0.05) is 0 Å². The molecule has 0 aromatic carbocycles. The maximum absolute atomic E-state index is 5.38. The average molecular weight is 238 g/mol. The van der Waals surface area contributed by atoms with E-state index in [-0.39, 0.29) is 0 Å². The van der Waals surface area contributed by atoms with Crippen molar-refractivity contribution >= 4 is 5.82 Å². The molecular weight excluding hydrogens is 220 g/mol. The molecule has 1 aromatic heterocycles. The second-order valence-corrected chi connectivity index (χ2v) is 3.89. The quantitative estimate of drug-likeness (QED) is 0.816. The zero-order chi connectivity index (χ0) is 12.1. The first-order valence-corrected chi connectivity index (χ1v) is 5.72. The van der Waals surface area contributed by atoms with Crippen molar-refractivity contribution < 1.29 is 9.47 Å². The maximum Gasteiger partial charge on any atom is 0.156 e. The van der Waals surface area contributed by atoms with Crippen LogP contribution >= 0.6 is 0 Å². The van der Waals surface area contributed by atoms with E-state index in [0.717, 1.165) is 31.2 Å². The number of hydrogen-bond acceptors (Lipinski definition) is 6. The van der Waals surface area contributed by atoms with Crippen molar-refractivity contribution in [2.45, 2.75) is 13.5 Å². The molecule has 94 valence electrons. The summed E-state index contributed by atoms with van der Waals surface area (Å²) in [5.74, 6) is 1.57. The van der Waals surface area contributed by atoms with Crippen molar-refractivity contribution in [3.63, 3.8) is 0 Å². The number of rotatable bonds is 3. The fourth-order valence-corrected chi connectivity index (χ4v) is 1.73. The smallest absolute Gasteiger partial charge is 0.156 e. The lowest BCUT2D eigenvalue weighted by atomic mass is 10.4. The molecule has 2 heterocycles. The van der Waals surface area contributed by atoms with E-state index in [2.05, 4.69) is 15.4 Å². The van der Waals surface area contributed by atoms with E-state index >= 15 is 0 Å². The van der Waals surface area contributed by atoms with Crippen LogP contribution in [0.15, 0.2) is 6.07 Å². The summed E-state index contributed by atoms with van der Waals surface area (Å²) >= 11 is 0. The fourth-order valence-electron chi connectivity index (χ4n) is 1.73. The number of aryl methyl sites for hydroxylation is 1. The van der Waals surface area contributed by atoms with Gasteiger partial charge in [0.15, 0.2) is 5.82 Å². The Morgan fingerprint density at radius 2 is 2.35 bits per heavy atom. The first kappa shape index (κ1) is 12.2. The molecule has 0 spiro atoms. The highest BCUT2D eigenvalue weighted by Crippen LogP contribution is 2.11.